The van der Waals surface area contributed by atoms with E-state index < -0.39 is 11.5 Å². The Labute approximate surface area is 184 Å². The summed E-state index contributed by atoms with van der Waals surface area (Å²) in [5.41, 5.74) is 0.979. The van der Waals surface area contributed by atoms with Crippen LogP contribution in [0.4, 0.5) is 10.1 Å². The van der Waals surface area contributed by atoms with Gasteiger partial charge in [-0.1, -0.05) is 35.9 Å². The molecule has 1 unspecified atom stereocenters. The smallest absolute Gasteiger partial charge is 0.340 e. The van der Waals surface area contributed by atoms with Crippen LogP contribution in [0.15, 0.2) is 59.5 Å². The molecule has 0 radical (unpaired) electrons. The zero-order valence-electron chi connectivity index (χ0n) is 17.3. The van der Waals surface area contributed by atoms with Crippen molar-refractivity contribution in [3.63, 3.8) is 0 Å². The van der Waals surface area contributed by atoms with Crippen LogP contribution in [0.25, 0.3) is 5.69 Å². The van der Waals surface area contributed by atoms with Crippen molar-refractivity contribution < 1.29 is 13.9 Å². The first-order chi connectivity index (χ1) is 14.8. The maximum Gasteiger partial charge on any atom is 0.340 e. The van der Waals surface area contributed by atoms with E-state index in [1.807, 2.05) is 25.1 Å². The van der Waals surface area contributed by atoms with Gasteiger partial charge in [0, 0.05) is 6.54 Å². The average Bonchev–Trinajstić information content (AvgIpc) is 2.76. The zero-order valence-corrected chi connectivity index (χ0v) is 18.1. The highest BCUT2D eigenvalue weighted by Gasteiger charge is 2.19. The molecule has 7 nitrogen and oxygen atoms in total. The van der Waals surface area contributed by atoms with E-state index in [-0.39, 0.29) is 28.1 Å². The Balaban J connectivity index is 1.90. The van der Waals surface area contributed by atoms with Crippen LogP contribution in [0.5, 0.6) is 0 Å². The molecule has 162 valence electrons. The molecule has 0 aliphatic rings. The maximum atomic E-state index is 13.6. The minimum Gasteiger partial charge on any atom is -0.465 e. The Morgan fingerprint density at radius 1 is 1.26 bits per heavy atom. The normalized spacial score (nSPS) is 11.9. The fourth-order valence-corrected chi connectivity index (χ4v) is 3.38. The lowest BCUT2D eigenvalue weighted by Crippen LogP contribution is -2.29. The Morgan fingerprint density at radius 3 is 2.68 bits per heavy atom. The van der Waals surface area contributed by atoms with Gasteiger partial charge in [0.05, 0.1) is 36.3 Å². The number of likely N-dealkylation sites (N-methyl/N-ethyl adjacent to an activating group) is 1. The number of anilines is 1. The molecule has 0 saturated carbocycles. The van der Waals surface area contributed by atoms with Crippen molar-refractivity contribution in [3.8, 4) is 5.69 Å². The number of methoxy groups -OCH3 is 1. The van der Waals surface area contributed by atoms with Crippen LogP contribution in [0, 0.1) is 5.82 Å². The molecule has 0 saturated heterocycles. The van der Waals surface area contributed by atoms with Crippen molar-refractivity contribution in [1.29, 1.82) is 0 Å². The van der Waals surface area contributed by atoms with Crippen LogP contribution in [0.2, 0.25) is 5.02 Å². The number of hydrogen-bond acceptors (Lipinski definition) is 6. The monoisotopic (exact) mass is 444 g/mol. The van der Waals surface area contributed by atoms with Gasteiger partial charge in [0.1, 0.15) is 10.8 Å². The molecule has 3 rings (SSSR count). The predicted octanol–water partition coefficient (Wildman–Crippen LogP) is 3.53. The molecule has 2 aromatic carbocycles. The summed E-state index contributed by atoms with van der Waals surface area (Å²) in [6, 6.07) is 12.6. The Hall–Kier alpha value is -3.23. The quantitative estimate of drug-likeness (QED) is 0.562. The summed E-state index contributed by atoms with van der Waals surface area (Å²) in [6.45, 7) is 0.361. The first-order valence-corrected chi connectivity index (χ1v) is 9.82. The molecular weight excluding hydrogens is 423 g/mol. The van der Waals surface area contributed by atoms with E-state index in [1.165, 1.54) is 31.5 Å². The van der Waals surface area contributed by atoms with Crippen molar-refractivity contribution in [1.82, 2.24) is 14.7 Å². The van der Waals surface area contributed by atoms with E-state index in [4.69, 9.17) is 16.3 Å². The number of rotatable bonds is 7. The summed E-state index contributed by atoms with van der Waals surface area (Å²) in [5, 5.41) is 7.21. The number of carbonyl (C=O) groups is 1. The van der Waals surface area contributed by atoms with Crippen LogP contribution in [0.3, 0.4) is 0 Å². The maximum absolute atomic E-state index is 13.6. The van der Waals surface area contributed by atoms with E-state index >= 15 is 0 Å². The van der Waals surface area contributed by atoms with E-state index in [0.717, 1.165) is 10.2 Å². The molecule has 1 aromatic heterocycles. The second-order valence-electron chi connectivity index (χ2n) is 7.01. The molecule has 0 aliphatic carbocycles. The summed E-state index contributed by atoms with van der Waals surface area (Å²) in [6.07, 6.45) is 1.41. The lowest BCUT2D eigenvalue weighted by Gasteiger charge is -2.25. The van der Waals surface area contributed by atoms with Crippen molar-refractivity contribution >= 4 is 23.3 Å². The first-order valence-electron chi connectivity index (χ1n) is 9.44. The lowest BCUT2D eigenvalue weighted by atomic mass is 10.1. The lowest BCUT2D eigenvalue weighted by molar-refractivity contribution is 0.0600. The highest BCUT2D eigenvalue weighted by Crippen LogP contribution is 2.23. The predicted molar refractivity (Wildman–Crippen MR) is 118 cm³/mol. The van der Waals surface area contributed by atoms with E-state index in [1.54, 1.807) is 24.3 Å². The second kappa shape index (κ2) is 9.72. The molecule has 0 bridgehead atoms. The van der Waals surface area contributed by atoms with Crippen LogP contribution in [0.1, 0.15) is 22.0 Å². The highest BCUT2D eigenvalue weighted by atomic mass is 35.5. The van der Waals surface area contributed by atoms with Crippen LogP contribution in [-0.4, -0.2) is 48.4 Å². The number of para-hydroxylation sites is 1. The van der Waals surface area contributed by atoms with Gasteiger partial charge in [0.15, 0.2) is 0 Å². The third-order valence-corrected chi connectivity index (χ3v) is 5.16. The van der Waals surface area contributed by atoms with Gasteiger partial charge in [0.25, 0.3) is 5.56 Å². The summed E-state index contributed by atoms with van der Waals surface area (Å²) in [7, 11) is 5.01. The van der Waals surface area contributed by atoms with E-state index in [9.17, 15) is 14.0 Å². The van der Waals surface area contributed by atoms with Crippen LogP contribution >= 0.6 is 11.6 Å². The molecule has 0 spiro atoms. The Morgan fingerprint density at radius 2 is 2.00 bits per heavy atom. The average molecular weight is 445 g/mol. The van der Waals surface area contributed by atoms with Gasteiger partial charge in [0.2, 0.25) is 0 Å². The molecule has 3 aromatic rings. The number of nitrogens with one attached hydrogen (secondary N) is 1. The number of carbonyl (C=O) groups excluding carboxylic acids is 1. The zero-order chi connectivity index (χ0) is 22.5. The minimum absolute atomic E-state index is 0.0774. The first kappa shape index (κ1) is 22.5. The minimum atomic E-state index is -0.591. The highest BCUT2D eigenvalue weighted by molar-refractivity contribution is 6.33. The van der Waals surface area contributed by atoms with Gasteiger partial charge in [-0.25, -0.2) is 9.18 Å². The van der Waals surface area contributed by atoms with Gasteiger partial charge >= 0.3 is 5.97 Å². The van der Waals surface area contributed by atoms with Crippen molar-refractivity contribution in [2.75, 3.05) is 33.1 Å². The number of halogens is 2. The second-order valence-corrected chi connectivity index (χ2v) is 7.39. The van der Waals surface area contributed by atoms with Gasteiger partial charge in [-0.15, -0.1) is 0 Å². The molecule has 1 atom stereocenters. The van der Waals surface area contributed by atoms with Crippen molar-refractivity contribution in [2.24, 2.45) is 0 Å². The summed E-state index contributed by atoms with van der Waals surface area (Å²) in [5.74, 6) is -0.914. The van der Waals surface area contributed by atoms with Crippen molar-refractivity contribution in [3.05, 3.63) is 87.0 Å². The summed E-state index contributed by atoms with van der Waals surface area (Å²) in [4.78, 5) is 26.8. The molecule has 0 fully saturated rings. The molecule has 0 aliphatic heterocycles. The van der Waals surface area contributed by atoms with Crippen LogP contribution < -0.4 is 10.9 Å². The SMILES string of the molecule is COC(=O)c1ccccc1-n1ncc(NCC(c2cccc(F)c2)N(C)C)c(Cl)c1=O. The Bertz CT molecular complexity index is 1150. The summed E-state index contributed by atoms with van der Waals surface area (Å²) >= 11 is 6.32. The summed E-state index contributed by atoms with van der Waals surface area (Å²) < 4.78 is 19.5. The fraction of sp³-hybridized carbons (Fsp3) is 0.227. The molecule has 1 N–H and O–H groups in total. The number of ether oxygens (including phenoxy) is 1. The van der Waals surface area contributed by atoms with E-state index in [0.29, 0.717) is 12.2 Å². The standard InChI is InChI=1S/C22H22ClFN4O3/c1-27(2)19(14-7-6-8-15(24)11-14)13-25-17-12-26-28(21(29)20(17)23)18-10-5-4-9-16(18)22(30)31-3/h4-12,19,25H,13H2,1-3H3. The fourth-order valence-electron chi connectivity index (χ4n) is 3.19. The van der Waals surface area contributed by atoms with Gasteiger partial charge < -0.3 is 15.0 Å². The van der Waals surface area contributed by atoms with Gasteiger partial charge in [-0.05, 0) is 43.9 Å². The van der Waals surface area contributed by atoms with Gasteiger partial charge in [-0.2, -0.15) is 9.78 Å². The van der Waals surface area contributed by atoms with Crippen molar-refractivity contribution in [2.45, 2.75) is 6.04 Å². The molecule has 1 heterocycles. The number of nitrogens with zero attached hydrogens (tertiary/aromatic N) is 3. The third kappa shape index (κ3) is 4.92. The third-order valence-electron chi connectivity index (χ3n) is 4.80. The van der Waals surface area contributed by atoms with Gasteiger partial charge in [-0.3, -0.25) is 4.79 Å². The molecule has 9 heteroatoms. The largest absolute Gasteiger partial charge is 0.465 e. The number of benzene rings is 2. The number of esters is 1. The Kier molecular flexibility index (Phi) is 7.04. The number of aromatic nitrogens is 2. The van der Waals surface area contributed by atoms with E-state index in [2.05, 4.69) is 10.4 Å². The topological polar surface area (TPSA) is 76.5 Å². The number of hydrogen-bond donors (Lipinski definition) is 1. The molecular formula is C22H22ClFN4O3. The van der Waals surface area contributed by atoms with Crippen LogP contribution in [-0.2, 0) is 4.74 Å². The molecule has 31 heavy (non-hydrogen) atoms. The molecule has 0 amide bonds.